The van der Waals surface area contributed by atoms with Crippen molar-refractivity contribution in [2.75, 3.05) is 5.88 Å². The molecule has 1 aliphatic rings. The molecule has 0 aliphatic heterocycles. The van der Waals surface area contributed by atoms with Crippen LogP contribution in [-0.2, 0) is 0 Å². The van der Waals surface area contributed by atoms with Crippen LogP contribution in [0, 0.1) is 11.8 Å². The topological polar surface area (TPSA) is 22.1 Å². The molecule has 0 bridgehead atoms. The lowest BCUT2D eigenvalue weighted by Gasteiger charge is -2.22. The third-order valence-corrected chi connectivity index (χ3v) is 3.00. The van der Waals surface area contributed by atoms with Crippen LogP contribution in [0.4, 0.5) is 0 Å². The Morgan fingerprint density at radius 2 is 2.12 bits per heavy atom. The van der Waals surface area contributed by atoms with Gasteiger partial charge < -0.3 is 4.74 Å². The van der Waals surface area contributed by atoms with Gasteiger partial charge >= 0.3 is 0 Å². The molecular formula is C14H16ClNO. The monoisotopic (exact) mass is 249 g/mol. The van der Waals surface area contributed by atoms with E-state index in [4.69, 9.17) is 16.3 Å². The number of nitrogens with zero attached hydrogens (tertiary/aromatic N) is 1. The largest absolute Gasteiger partial charge is 0.489 e. The molecule has 1 aliphatic carbocycles. The van der Waals surface area contributed by atoms with Crippen LogP contribution in [0.5, 0.6) is 5.75 Å². The molecule has 0 saturated heterocycles. The van der Waals surface area contributed by atoms with Crippen LogP contribution in [-0.4, -0.2) is 17.0 Å². The summed E-state index contributed by atoms with van der Waals surface area (Å²) >= 11 is 5.52. The summed E-state index contributed by atoms with van der Waals surface area (Å²) in [4.78, 5) is 4.13. The molecule has 1 aromatic rings. The average Bonchev–Trinajstić information content (AvgIpc) is 2.38. The van der Waals surface area contributed by atoms with Gasteiger partial charge in [0, 0.05) is 11.8 Å². The lowest BCUT2D eigenvalue weighted by Crippen LogP contribution is -2.19. The van der Waals surface area contributed by atoms with Crippen molar-refractivity contribution in [3.63, 3.8) is 0 Å². The lowest BCUT2D eigenvalue weighted by molar-refractivity contribution is 0.154. The summed E-state index contributed by atoms with van der Waals surface area (Å²) in [6.07, 6.45) is 10.00. The number of ether oxygens (including phenoxy) is 1. The summed E-state index contributed by atoms with van der Waals surface area (Å²) in [5.41, 5.74) is 0.860. The Kier molecular flexibility index (Phi) is 4.70. The van der Waals surface area contributed by atoms with Crippen molar-refractivity contribution in [3.05, 3.63) is 24.0 Å². The van der Waals surface area contributed by atoms with Gasteiger partial charge in [-0.2, -0.15) is 0 Å². The molecule has 0 amide bonds. The Bertz CT molecular complexity index is 416. The molecule has 17 heavy (non-hydrogen) atoms. The van der Waals surface area contributed by atoms with E-state index in [1.54, 1.807) is 12.4 Å². The smallest absolute Gasteiger partial charge is 0.139 e. The molecule has 0 spiro atoms. The van der Waals surface area contributed by atoms with E-state index in [9.17, 15) is 0 Å². The van der Waals surface area contributed by atoms with Gasteiger partial charge in [-0.1, -0.05) is 18.3 Å². The second-order valence-electron chi connectivity index (χ2n) is 4.22. The molecule has 0 aromatic carbocycles. The fourth-order valence-corrected chi connectivity index (χ4v) is 2.13. The van der Waals surface area contributed by atoms with Crippen LogP contribution in [0.25, 0.3) is 0 Å². The van der Waals surface area contributed by atoms with Crippen molar-refractivity contribution in [2.45, 2.75) is 38.2 Å². The van der Waals surface area contributed by atoms with Gasteiger partial charge in [0.05, 0.1) is 18.2 Å². The minimum Gasteiger partial charge on any atom is -0.489 e. The number of hydrogen-bond donors (Lipinski definition) is 0. The van der Waals surface area contributed by atoms with Crippen molar-refractivity contribution in [2.24, 2.45) is 0 Å². The summed E-state index contributed by atoms with van der Waals surface area (Å²) in [6, 6.07) is 1.93. The van der Waals surface area contributed by atoms with E-state index in [0.29, 0.717) is 12.0 Å². The quantitative estimate of drug-likeness (QED) is 0.592. The van der Waals surface area contributed by atoms with Gasteiger partial charge in [0.15, 0.2) is 0 Å². The first-order chi connectivity index (χ1) is 8.38. The van der Waals surface area contributed by atoms with Crippen LogP contribution >= 0.6 is 11.6 Å². The van der Waals surface area contributed by atoms with E-state index in [2.05, 4.69) is 16.8 Å². The predicted octanol–water partition coefficient (Wildman–Crippen LogP) is 3.38. The molecule has 90 valence electrons. The zero-order valence-electron chi connectivity index (χ0n) is 9.79. The number of pyridine rings is 1. The molecule has 0 atom stereocenters. The molecular weight excluding hydrogens is 234 g/mol. The fraction of sp³-hybridized carbons (Fsp3) is 0.500. The molecule has 2 rings (SSSR count). The Morgan fingerprint density at radius 1 is 1.29 bits per heavy atom. The van der Waals surface area contributed by atoms with Gasteiger partial charge in [0.2, 0.25) is 0 Å². The minimum absolute atomic E-state index is 0.341. The Morgan fingerprint density at radius 3 is 2.88 bits per heavy atom. The Balaban J connectivity index is 2.00. The van der Waals surface area contributed by atoms with E-state index in [0.717, 1.165) is 24.2 Å². The number of rotatable bonds is 2. The number of hydrogen-bond acceptors (Lipinski definition) is 2. The van der Waals surface area contributed by atoms with E-state index in [-0.39, 0.29) is 0 Å². The highest BCUT2D eigenvalue weighted by molar-refractivity contribution is 6.19. The molecule has 1 fully saturated rings. The molecule has 2 nitrogen and oxygen atoms in total. The summed E-state index contributed by atoms with van der Waals surface area (Å²) in [7, 11) is 0. The summed E-state index contributed by atoms with van der Waals surface area (Å²) in [6.45, 7) is 0. The van der Waals surface area contributed by atoms with Crippen molar-refractivity contribution >= 4 is 11.6 Å². The standard InChI is InChI=1S/C14H16ClNO/c15-8-4-5-12-9-14(11-16-10-12)17-13-6-2-1-3-7-13/h9-11,13H,1-3,6-8H2. The highest BCUT2D eigenvalue weighted by Crippen LogP contribution is 2.23. The van der Waals surface area contributed by atoms with Crippen LogP contribution in [0.2, 0.25) is 0 Å². The number of aromatic nitrogens is 1. The summed E-state index contributed by atoms with van der Waals surface area (Å²) in [5, 5.41) is 0. The van der Waals surface area contributed by atoms with Gasteiger partial charge in [0.25, 0.3) is 0 Å². The van der Waals surface area contributed by atoms with Crippen molar-refractivity contribution < 1.29 is 4.74 Å². The van der Waals surface area contributed by atoms with E-state index < -0.39 is 0 Å². The fourth-order valence-electron chi connectivity index (χ4n) is 2.06. The second kappa shape index (κ2) is 6.51. The molecule has 0 N–H and O–H groups in total. The molecule has 3 heteroatoms. The van der Waals surface area contributed by atoms with E-state index in [1.807, 2.05) is 6.07 Å². The number of alkyl halides is 1. The maximum absolute atomic E-state index is 5.91. The van der Waals surface area contributed by atoms with Gasteiger partial charge in [-0.05, 0) is 31.7 Å². The van der Waals surface area contributed by atoms with Crippen LogP contribution < -0.4 is 4.74 Å². The average molecular weight is 250 g/mol. The predicted molar refractivity (Wildman–Crippen MR) is 69.3 cm³/mol. The molecule has 0 radical (unpaired) electrons. The highest BCUT2D eigenvalue weighted by Gasteiger charge is 2.14. The zero-order chi connectivity index (χ0) is 11.9. The normalized spacial score (nSPS) is 16.1. The third kappa shape index (κ3) is 3.94. The van der Waals surface area contributed by atoms with Crippen LogP contribution in [0.15, 0.2) is 18.5 Å². The number of halogens is 1. The van der Waals surface area contributed by atoms with Crippen molar-refractivity contribution in [1.82, 2.24) is 4.98 Å². The van der Waals surface area contributed by atoms with E-state index >= 15 is 0 Å². The molecule has 1 saturated carbocycles. The molecule has 1 heterocycles. The third-order valence-electron chi connectivity index (χ3n) is 2.87. The lowest BCUT2D eigenvalue weighted by atomic mass is 9.98. The van der Waals surface area contributed by atoms with Gasteiger partial charge in [-0.15, -0.1) is 11.6 Å². The van der Waals surface area contributed by atoms with Crippen LogP contribution in [0.3, 0.4) is 0 Å². The summed E-state index contributed by atoms with van der Waals surface area (Å²) < 4.78 is 5.91. The maximum Gasteiger partial charge on any atom is 0.139 e. The maximum atomic E-state index is 5.91. The Labute approximate surface area is 107 Å². The van der Waals surface area contributed by atoms with Crippen molar-refractivity contribution in [1.29, 1.82) is 0 Å². The molecule has 0 unspecified atom stereocenters. The zero-order valence-corrected chi connectivity index (χ0v) is 10.5. The summed E-state index contributed by atoms with van der Waals surface area (Å²) in [5.74, 6) is 6.92. The second-order valence-corrected chi connectivity index (χ2v) is 4.49. The van der Waals surface area contributed by atoms with Gasteiger partial charge in [-0.3, -0.25) is 4.98 Å². The van der Waals surface area contributed by atoms with Crippen molar-refractivity contribution in [3.8, 4) is 17.6 Å². The van der Waals surface area contributed by atoms with Crippen LogP contribution in [0.1, 0.15) is 37.7 Å². The highest BCUT2D eigenvalue weighted by atomic mass is 35.5. The SMILES string of the molecule is ClCC#Cc1cncc(OC2CCCCC2)c1. The first kappa shape index (κ1) is 12.3. The molecule has 1 aromatic heterocycles. The van der Waals surface area contributed by atoms with Gasteiger partial charge in [-0.25, -0.2) is 0 Å². The Hall–Kier alpha value is -1.20. The van der Waals surface area contributed by atoms with Gasteiger partial charge in [0.1, 0.15) is 5.75 Å². The van der Waals surface area contributed by atoms with E-state index in [1.165, 1.54) is 19.3 Å². The minimum atomic E-state index is 0.341. The first-order valence-electron chi connectivity index (χ1n) is 6.05. The first-order valence-corrected chi connectivity index (χ1v) is 6.58.